The monoisotopic (exact) mass is 318 g/mol. The van der Waals surface area contributed by atoms with Gasteiger partial charge in [-0.3, -0.25) is 0 Å². The van der Waals surface area contributed by atoms with Crippen LogP contribution in [0.15, 0.2) is 17.0 Å². The Labute approximate surface area is 125 Å². The third kappa shape index (κ3) is 5.35. The molecule has 1 rings (SSSR count). The van der Waals surface area contributed by atoms with E-state index in [2.05, 4.69) is 4.72 Å². The van der Waals surface area contributed by atoms with Crippen molar-refractivity contribution in [2.45, 2.75) is 32.2 Å². The molecule has 0 aliphatic rings. The summed E-state index contributed by atoms with van der Waals surface area (Å²) in [6, 6.07) is 2.56. The molecule has 120 valence electrons. The number of benzene rings is 1. The molecule has 0 saturated heterocycles. The van der Waals surface area contributed by atoms with Gasteiger partial charge in [-0.25, -0.2) is 17.5 Å². The fourth-order valence-electron chi connectivity index (χ4n) is 1.76. The molecule has 3 N–H and O–H groups in total. The minimum absolute atomic E-state index is 0.0192. The summed E-state index contributed by atoms with van der Waals surface area (Å²) in [5.74, 6) is -0.0646. The van der Waals surface area contributed by atoms with E-state index in [4.69, 9.17) is 10.5 Å². The van der Waals surface area contributed by atoms with Gasteiger partial charge in [-0.15, -0.1) is 0 Å². The number of ether oxygens (including phenoxy) is 1. The van der Waals surface area contributed by atoms with E-state index in [0.29, 0.717) is 19.1 Å². The molecule has 0 amide bonds. The second kappa shape index (κ2) is 7.84. The van der Waals surface area contributed by atoms with Gasteiger partial charge in [0.25, 0.3) is 0 Å². The molecule has 21 heavy (non-hydrogen) atoms. The fourth-order valence-corrected chi connectivity index (χ4v) is 2.91. The minimum Gasteiger partial charge on any atom is -0.380 e. The van der Waals surface area contributed by atoms with Crippen LogP contribution in [0.3, 0.4) is 0 Å². The molecule has 7 heteroatoms. The predicted molar refractivity (Wildman–Crippen MR) is 79.9 cm³/mol. The van der Waals surface area contributed by atoms with Crippen LogP contribution < -0.4 is 10.5 Å². The van der Waals surface area contributed by atoms with E-state index < -0.39 is 15.8 Å². The normalized spacial score (nSPS) is 12.1. The summed E-state index contributed by atoms with van der Waals surface area (Å²) in [6.07, 6.45) is 0. The Balaban J connectivity index is 2.72. The first-order valence-corrected chi connectivity index (χ1v) is 8.32. The topological polar surface area (TPSA) is 81.4 Å². The highest BCUT2D eigenvalue weighted by Gasteiger charge is 2.17. The lowest BCUT2D eigenvalue weighted by atomic mass is 10.1. The second-order valence-corrected chi connectivity index (χ2v) is 7.05. The lowest BCUT2D eigenvalue weighted by Gasteiger charge is -2.11. The van der Waals surface area contributed by atoms with Crippen LogP contribution in [-0.4, -0.2) is 28.2 Å². The maximum atomic E-state index is 13.7. The number of rotatable bonds is 8. The molecule has 0 radical (unpaired) electrons. The van der Waals surface area contributed by atoms with Crippen LogP contribution >= 0.6 is 0 Å². The Morgan fingerprint density at radius 1 is 1.38 bits per heavy atom. The lowest BCUT2D eigenvalue weighted by Crippen LogP contribution is -2.28. The van der Waals surface area contributed by atoms with Gasteiger partial charge in [0.15, 0.2) is 0 Å². The Hall–Kier alpha value is -1.02. The fraction of sp³-hybridized carbons (Fsp3) is 0.571. The number of nitrogens with one attached hydrogen (secondary N) is 1. The molecule has 5 nitrogen and oxygen atoms in total. The average molecular weight is 318 g/mol. The number of halogens is 1. The summed E-state index contributed by atoms with van der Waals surface area (Å²) >= 11 is 0. The summed E-state index contributed by atoms with van der Waals surface area (Å²) in [4.78, 5) is 0.0192. The van der Waals surface area contributed by atoms with Crippen molar-refractivity contribution in [2.75, 3.05) is 19.8 Å². The Kier molecular flexibility index (Phi) is 6.73. The molecule has 0 aromatic heterocycles. The van der Waals surface area contributed by atoms with Crippen LogP contribution in [0, 0.1) is 18.7 Å². The molecule has 0 saturated carbocycles. The van der Waals surface area contributed by atoms with E-state index in [1.807, 2.05) is 13.8 Å². The van der Waals surface area contributed by atoms with Crippen molar-refractivity contribution < 1.29 is 17.5 Å². The summed E-state index contributed by atoms with van der Waals surface area (Å²) in [5.41, 5.74) is 5.87. The molecular weight excluding hydrogens is 295 g/mol. The molecule has 0 spiro atoms. The quantitative estimate of drug-likeness (QED) is 0.713. The number of sulfonamides is 1. The van der Waals surface area contributed by atoms with Gasteiger partial charge >= 0.3 is 0 Å². The first kappa shape index (κ1) is 18.0. The zero-order chi connectivity index (χ0) is 16.0. The third-order valence-electron chi connectivity index (χ3n) is 2.82. The Bertz CT molecular complexity index is 574. The van der Waals surface area contributed by atoms with Crippen LogP contribution in [0.4, 0.5) is 4.39 Å². The number of hydrogen-bond donors (Lipinski definition) is 2. The van der Waals surface area contributed by atoms with Crippen molar-refractivity contribution >= 4 is 10.0 Å². The van der Waals surface area contributed by atoms with Crippen molar-refractivity contribution in [3.63, 3.8) is 0 Å². The Morgan fingerprint density at radius 3 is 2.62 bits per heavy atom. The van der Waals surface area contributed by atoms with Crippen LogP contribution in [0.25, 0.3) is 0 Å². The highest BCUT2D eigenvalue weighted by molar-refractivity contribution is 7.89. The van der Waals surface area contributed by atoms with E-state index >= 15 is 0 Å². The molecule has 0 heterocycles. The van der Waals surface area contributed by atoms with Crippen LogP contribution in [0.2, 0.25) is 0 Å². The number of hydrogen-bond acceptors (Lipinski definition) is 4. The molecule has 0 bridgehead atoms. The van der Waals surface area contributed by atoms with Gasteiger partial charge in [0.05, 0.1) is 11.5 Å². The minimum atomic E-state index is -3.69. The molecule has 0 aliphatic carbocycles. The lowest BCUT2D eigenvalue weighted by molar-refractivity contribution is 0.114. The van der Waals surface area contributed by atoms with Crippen molar-refractivity contribution in [2.24, 2.45) is 11.7 Å². The largest absolute Gasteiger partial charge is 0.380 e. The zero-order valence-electron chi connectivity index (χ0n) is 12.6. The van der Waals surface area contributed by atoms with E-state index in [9.17, 15) is 12.8 Å². The zero-order valence-corrected chi connectivity index (χ0v) is 13.5. The summed E-state index contributed by atoms with van der Waals surface area (Å²) in [5, 5.41) is 0. The molecular formula is C14H23FN2O3S. The van der Waals surface area contributed by atoms with Crippen LogP contribution in [-0.2, 0) is 21.3 Å². The maximum absolute atomic E-state index is 13.7. The standard InChI is InChI=1S/C14H23FN2O3S/c1-10(2)9-20-5-4-17-21(18,19)13-6-11(3)14(15)12(7-13)8-16/h6-7,10,17H,4-5,8-9,16H2,1-3H3. The molecule has 0 aliphatic heterocycles. The van der Waals surface area contributed by atoms with Gasteiger partial charge in [0.2, 0.25) is 10.0 Å². The molecule has 1 aromatic rings. The average Bonchev–Trinajstić information content (AvgIpc) is 2.40. The van der Waals surface area contributed by atoms with E-state index in [1.54, 1.807) is 0 Å². The molecule has 0 fully saturated rings. The SMILES string of the molecule is Cc1cc(S(=O)(=O)NCCOCC(C)C)cc(CN)c1F. The number of aryl methyl sites for hydroxylation is 1. The summed E-state index contributed by atoms with van der Waals surface area (Å²) in [7, 11) is -3.69. The van der Waals surface area contributed by atoms with Gasteiger partial charge in [-0.2, -0.15) is 0 Å². The van der Waals surface area contributed by atoms with Gasteiger partial charge < -0.3 is 10.5 Å². The number of nitrogens with two attached hydrogens (primary N) is 1. The van der Waals surface area contributed by atoms with E-state index in [1.165, 1.54) is 19.1 Å². The van der Waals surface area contributed by atoms with E-state index in [0.717, 1.165) is 0 Å². The van der Waals surface area contributed by atoms with Crippen molar-refractivity contribution in [1.29, 1.82) is 0 Å². The highest BCUT2D eigenvalue weighted by Crippen LogP contribution is 2.18. The molecule has 1 aromatic carbocycles. The van der Waals surface area contributed by atoms with Gasteiger partial charge in [-0.1, -0.05) is 13.8 Å². The summed E-state index contributed by atoms with van der Waals surface area (Å²) in [6.45, 7) is 6.53. The third-order valence-corrected chi connectivity index (χ3v) is 4.26. The van der Waals surface area contributed by atoms with E-state index in [-0.39, 0.29) is 29.1 Å². The highest BCUT2D eigenvalue weighted by atomic mass is 32.2. The van der Waals surface area contributed by atoms with Crippen LogP contribution in [0.1, 0.15) is 25.0 Å². The maximum Gasteiger partial charge on any atom is 0.240 e. The molecule has 0 unspecified atom stereocenters. The first-order valence-electron chi connectivity index (χ1n) is 6.84. The first-order chi connectivity index (χ1) is 9.77. The second-order valence-electron chi connectivity index (χ2n) is 5.28. The summed E-state index contributed by atoms with van der Waals surface area (Å²) < 4.78 is 45.7. The van der Waals surface area contributed by atoms with Crippen molar-refractivity contribution in [1.82, 2.24) is 4.72 Å². The Morgan fingerprint density at radius 2 is 2.05 bits per heavy atom. The van der Waals surface area contributed by atoms with Gasteiger partial charge in [-0.05, 0) is 30.5 Å². The van der Waals surface area contributed by atoms with Crippen molar-refractivity contribution in [3.05, 3.63) is 29.1 Å². The van der Waals surface area contributed by atoms with Crippen LogP contribution in [0.5, 0.6) is 0 Å². The molecule has 0 atom stereocenters. The van der Waals surface area contributed by atoms with Crippen molar-refractivity contribution in [3.8, 4) is 0 Å². The van der Waals surface area contributed by atoms with Gasteiger partial charge in [0.1, 0.15) is 5.82 Å². The van der Waals surface area contributed by atoms with Gasteiger partial charge in [0, 0.05) is 25.3 Å². The smallest absolute Gasteiger partial charge is 0.240 e. The predicted octanol–water partition coefficient (Wildman–Crippen LogP) is 1.54.